The van der Waals surface area contributed by atoms with E-state index in [9.17, 15) is 0 Å². The van der Waals surface area contributed by atoms with Crippen LogP contribution >= 0.6 is 0 Å². The van der Waals surface area contributed by atoms with E-state index in [1.807, 2.05) is 12.1 Å². The summed E-state index contributed by atoms with van der Waals surface area (Å²) in [6.07, 6.45) is 12.1. The highest BCUT2D eigenvalue weighted by atomic mass is 15.6. The van der Waals surface area contributed by atoms with Gasteiger partial charge >= 0.3 is 0 Å². The van der Waals surface area contributed by atoms with E-state index >= 15 is 0 Å². The van der Waals surface area contributed by atoms with Crippen molar-refractivity contribution in [3.05, 3.63) is 83.3 Å². The number of benzene rings is 1. The van der Waals surface area contributed by atoms with Crippen LogP contribution in [-0.2, 0) is 19.4 Å². The van der Waals surface area contributed by atoms with E-state index in [0.717, 1.165) is 50.4 Å². The summed E-state index contributed by atoms with van der Waals surface area (Å²) in [4.78, 5) is 6.06. The van der Waals surface area contributed by atoms with Gasteiger partial charge in [0, 0.05) is 19.3 Å². The second-order valence-electron chi connectivity index (χ2n) is 9.38. The topological polar surface area (TPSA) is 34.3 Å². The average molecular weight is 447 g/mol. The highest BCUT2D eigenvalue weighted by Gasteiger charge is 2.20. The summed E-state index contributed by atoms with van der Waals surface area (Å²) in [6, 6.07) is 11.4. The Bertz CT molecular complexity index is 962. The molecule has 2 N–H and O–H groups in total. The maximum Gasteiger partial charge on any atom is 0.117 e. The van der Waals surface area contributed by atoms with Crippen molar-refractivity contribution in [3.63, 3.8) is 0 Å². The molecule has 0 fully saturated rings. The molecule has 0 saturated carbocycles. The molecule has 0 bridgehead atoms. The molecule has 0 saturated heterocycles. The number of hydrogen-bond acceptors (Lipinski definition) is 3. The Labute approximate surface area is 201 Å². The van der Waals surface area contributed by atoms with Gasteiger partial charge in [0.2, 0.25) is 0 Å². The third-order valence-electron chi connectivity index (χ3n) is 6.35. The second kappa shape index (κ2) is 11.9. The van der Waals surface area contributed by atoms with E-state index in [-0.39, 0.29) is 0 Å². The van der Waals surface area contributed by atoms with Gasteiger partial charge in [-0.15, -0.1) is 0 Å². The van der Waals surface area contributed by atoms with Gasteiger partial charge in [0.25, 0.3) is 0 Å². The smallest absolute Gasteiger partial charge is 0.117 e. The molecular formula is C29H42N4. The van der Waals surface area contributed by atoms with Gasteiger partial charge in [-0.05, 0) is 66.4 Å². The van der Waals surface area contributed by atoms with Crippen molar-refractivity contribution >= 4 is 11.4 Å². The quantitative estimate of drug-likeness (QED) is 0.351. The van der Waals surface area contributed by atoms with Crippen LogP contribution in [0.1, 0.15) is 69.3 Å². The number of H-pyrrole nitrogens is 1. The van der Waals surface area contributed by atoms with E-state index < -0.39 is 0 Å². The average Bonchev–Trinajstić information content (AvgIpc) is 3.25. The number of hydrogen-bond donors (Lipinski definition) is 2. The largest absolute Gasteiger partial charge is 0.345 e. The van der Waals surface area contributed by atoms with Crippen molar-refractivity contribution < 1.29 is 0 Å². The molecule has 3 rings (SSSR count). The van der Waals surface area contributed by atoms with E-state index in [2.05, 4.69) is 98.1 Å². The predicted octanol–water partition coefficient (Wildman–Crippen LogP) is 6.83. The van der Waals surface area contributed by atoms with Crippen LogP contribution in [-0.4, -0.2) is 23.6 Å². The summed E-state index contributed by atoms with van der Waals surface area (Å²) in [6.45, 7) is 15.0. The molecule has 0 unspecified atom stereocenters. The standard InChI is InChI=1S/C29H42N4/c1-7-25-20-28(19-14-22(3)4)31-29(25)33(23(5)32(6)30-8-2)21-24-15-17-27(18-16-24)26-12-10-9-11-13-26/h9-10,12,15-18,20,22,30-31H,5,7-8,11,13-14,19,21H2,1-4,6H3. The van der Waals surface area contributed by atoms with Crippen molar-refractivity contribution in [3.8, 4) is 0 Å². The minimum atomic E-state index is 0.695. The van der Waals surface area contributed by atoms with Crippen LogP contribution in [0.25, 0.3) is 5.57 Å². The van der Waals surface area contributed by atoms with E-state index in [1.54, 1.807) is 0 Å². The molecule has 0 radical (unpaired) electrons. The lowest BCUT2D eigenvalue weighted by molar-refractivity contribution is 0.299. The molecule has 4 nitrogen and oxygen atoms in total. The van der Waals surface area contributed by atoms with Gasteiger partial charge in [-0.2, -0.15) is 0 Å². The van der Waals surface area contributed by atoms with Gasteiger partial charge in [-0.25, -0.2) is 5.43 Å². The van der Waals surface area contributed by atoms with Crippen LogP contribution < -0.4 is 10.3 Å². The fourth-order valence-corrected chi connectivity index (χ4v) is 4.30. The summed E-state index contributed by atoms with van der Waals surface area (Å²) in [7, 11) is 2.04. The van der Waals surface area contributed by atoms with Crippen molar-refractivity contribution in [2.45, 2.75) is 66.3 Å². The van der Waals surface area contributed by atoms with Crippen LogP contribution in [0.15, 0.2) is 61.0 Å². The summed E-state index contributed by atoms with van der Waals surface area (Å²) >= 11 is 0. The molecule has 1 aliphatic rings. The minimum absolute atomic E-state index is 0.695. The van der Waals surface area contributed by atoms with Crippen LogP contribution in [0, 0.1) is 5.92 Å². The molecule has 1 aromatic carbocycles. The van der Waals surface area contributed by atoms with E-state index in [0.29, 0.717) is 5.92 Å². The van der Waals surface area contributed by atoms with Crippen LogP contribution in [0.4, 0.5) is 5.82 Å². The molecule has 1 heterocycles. The second-order valence-corrected chi connectivity index (χ2v) is 9.38. The molecule has 0 amide bonds. The first-order valence-corrected chi connectivity index (χ1v) is 12.5. The summed E-state index contributed by atoms with van der Waals surface area (Å²) < 4.78 is 0. The number of hydrazine groups is 1. The molecule has 0 spiro atoms. The van der Waals surface area contributed by atoms with Gasteiger partial charge in [0.15, 0.2) is 0 Å². The maximum absolute atomic E-state index is 4.45. The molecule has 0 aliphatic heterocycles. The van der Waals surface area contributed by atoms with Crippen LogP contribution in [0.3, 0.4) is 0 Å². The maximum atomic E-state index is 4.45. The third-order valence-corrected chi connectivity index (χ3v) is 6.35. The third kappa shape index (κ3) is 6.64. The Kier molecular flexibility index (Phi) is 9.02. The van der Waals surface area contributed by atoms with Crippen LogP contribution in [0.2, 0.25) is 0 Å². The van der Waals surface area contributed by atoms with Gasteiger partial charge in [0.05, 0.1) is 6.54 Å². The zero-order valence-electron chi connectivity index (χ0n) is 21.2. The van der Waals surface area contributed by atoms with Crippen molar-refractivity contribution in [2.24, 2.45) is 5.92 Å². The lowest BCUT2D eigenvalue weighted by Crippen LogP contribution is -2.41. The van der Waals surface area contributed by atoms with Crippen molar-refractivity contribution in [1.82, 2.24) is 15.4 Å². The number of aromatic nitrogens is 1. The Morgan fingerprint density at radius 3 is 2.55 bits per heavy atom. The molecule has 33 heavy (non-hydrogen) atoms. The number of allylic oxidation sites excluding steroid dienone is 4. The minimum Gasteiger partial charge on any atom is -0.345 e. The molecule has 1 aromatic heterocycles. The predicted molar refractivity (Wildman–Crippen MR) is 143 cm³/mol. The van der Waals surface area contributed by atoms with Gasteiger partial charge < -0.3 is 9.88 Å². The summed E-state index contributed by atoms with van der Waals surface area (Å²) in [5.74, 6) is 2.80. The lowest BCUT2D eigenvalue weighted by atomic mass is 9.96. The molecule has 178 valence electrons. The van der Waals surface area contributed by atoms with Gasteiger partial charge in [-0.1, -0.05) is 76.8 Å². The fraction of sp³-hybridized carbons (Fsp3) is 0.448. The summed E-state index contributed by atoms with van der Waals surface area (Å²) in [5, 5.41) is 2.03. The Balaban J connectivity index is 1.88. The fourth-order valence-electron chi connectivity index (χ4n) is 4.30. The highest BCUT2D eigenvalue weighted by Crippen LogP contribution is 2.29. The zero-order valence-corrected chi connectivity index (χ0v) is 21.2. The first kappa shape index (κ1) is 24.9. The number of anilines is 1. The normalized spacial score (nSPS) is 13.3. The lowest BCUT2D eigenvalue weighted by Gasteiger charge is -2.33. The van der Waals surface area contributed by atoms with E-state index in [4.69, 9.17) is 0 Å². The Morgan fingerprint density at radius 2 is 1.94 bits per heavy atom. The first-order chi connectivity index (χ1) is 15.9. The van der Waals surface area contributed by atoms with Gasteiger partial charge in [0.1, 0.15) is 11.6 Å². The molecule has 4 heteroatoms. The number of rotatable bonds is 12. The number of aromatic amines is 1. The molecule has 1 aliphatic carbocycles. The Hall–Kier alpha value is -2.72. The van der Waals surface area contributed by atoms with Crippen LogP contribution in [0.5, 0.6) is 0 Å². The monoisotopic (exact) mass is 446 g/mol. The molecular weight excluding hydrogens is 404 g/mol. The highest BCUT2D eigenvalue weighted by molar-refractivity contribution is 5.68. The first-order valence-electron chi connectivity index (χ1n) is 12.5. The number of nitrogens with zero attached hydrogens (tertiary/aromatic N) is 2. The summed E-state index contributed by atoms with van der Waals surface area (Å²) in [5.41, 5.74) is 10.1. The van der Waals surface area contributed by atoms with Crippen molar-refractivity contribution in [1.29, 1.82) is 0 Å². The molecule has 0 atom stereocenters. The molecule has 2 aromatic rings. The number of aryl methyl sites for hydroxylation is 2. The number of nitrogens with one attached hydrogen (secondary N) is 2. The van der Waals surface area contributed by atoms with Gasteiger partial charge in [-0.3, -0.25) is 5.01 Å². The zero-order chi connectivity index (χ0) is 23.8. The van der Waals surface area contributed by atoms with Crippen molar-refractivity contribution in [2.75, 3.05) is 18.5 Å². The SMILES string of the molecule is C=C(N(C)NCC)N(Cc1ccc(C2=CC=CCC2)cc1)c1[nH]c(CCC(C)C)cc1CC. The Morgan fingerprint density at radius 1 is 1.18 bits per heavy atom. The van der Waals surface area contributed by atoms with E-state index in [1.165, 1.54) is 34.4 Å².